The zero-order chi connectivity index (χ0) is 13.5. The minimum Gasteiger partial charge on any atom is -0.337 e. The maximum Gasteiger partial charge on any atom is 0.246 e. The van der Waals surface area contributed by atoms with Gasteiger partial charge in [0.15, 0.2) is 0 Å². The molecular formula is C14H16BrN3O. The molecule has 0 radical (unpaired) electrons. The number of aryl methyl sites for hydroxylation is 1. The fourth-order valence-corrected chi connectivity index (χ4v) is 2.75. The van der Waals surface area contributed by atoms with Crippen LogP contribution in [0.15, 0.2) is 27.2 Å². The van der Waals surface area contributed by atoms with Crippen molar-refractivity contribution in [2.75, 3.05) is 6.54 Å². The van der Waals surface area contributed by atoms with Gasteiger partial charge in [0.1, 0.15) is 0 Å². The lowest BCUT2D eigenvalue weighted by Crippen LogP contribution is -2.33. The first-order valence-electron chi connectivity index (χ1n) is 6.44. The van der Waals surface area contributed by atoms with Crippen LogP contribution in [0.25, 0.3) is 11.4 Å². The average Bonchev–Trinajstić information content (AvgIpc) is 3.02. The number of rotatable bonds is 2. The molecule has 2 aromatic rings. The van der Waals surface area contributed by atoms with Crippen molar-refractivity contribution in [3.63, 3.8) is 0 Å². The Kier molecular flexibility index (Phi) is 3.19. The first-order chi connectivity index (χ1) is 9.08. The fraction of sp³-hybridized carbons (Fsp3) is 0.429. The monoisotopic (exact) mass is 321 g/mol. The molecule has 1 unspecified atom stereocenters. The lowest BCUT2D eigenvalue weighted by molar-refractivity contribution is 0.275. The van der Waals surface area contributed by atoms with Gasteiger partial charge in [0.05, 0.1) is 5.54 Å². The van der Waals surface area contributed by atoms with Gasteiger partial charge >= 0.3 is 0 Å². The van der Waals surface area contributed by atoms with Gasteiger partial charge < -0.3 is 9.84 Å². The summed E-state index contributed by atoms with van der Waals surface area (Å²) in [7, 11) is 0. The SMILES string of the molecule is Cc1ccc(-c2noc(C3(C)CCCN3)n2)cc1Br. The van der Waals surface area contributed by atoms with E-state index in [-0.39, 0.29) is 5.54 Å². The van der Waals surface area contributed by atoms with Crippen molar-refractivity contribution in [3.8, 4) is 11.4 Å². The fourth-order valence-electron chi connectivity index (χ4n) is 2.37. The maximum absolute atomic E-state index is 5.44. The molecule has 0 saturated carbocycles. The zero-order valence-electron chi connectivity index (χ0n) is 11.0. The molecule has 0 amide bonds. The van der Waals surface area contributed by atoms with Crippen LogP contribution < -0.4 is 5.32 Å². The van der Waals surface area contributed by atoms with Crippen LogP contribution in [0.2, 0.25) is 0 Å². The highest BCUT2D eigenvalue weighted by atomic mass is 79.9. The highest BCUT2D eigenvalue weighted by molar-refractivity contribution is 9.10. The summed E-state index contributed by atoms with van der Waals surface area (Å²) in [6.45, 7) is 5.17. The van der Waals surface area contributed by atoms with Crippen molar-refractivity contribution in [2.45, 2.75) is 32.2 Å². The Balaban J connectivity index is 1.94. The Morgan fingerprint density at radius 3 is 2.95 bits per heavy atom. The van der Waals surface area contributed by atoms with Gasteiger partial charge in [-0.05, 0) is 44.9 Å². The number of hydrogen-bond acceptors (Lipinski definition) is 4. The highest BCUT2D eigenvalue weighted by Crippen LogP contribution is 2.31. The summed E-state index contributed by atoms with van der Waals surface area (Å²) in [6, 6.07) is 6.08. The topological polar surface area (TPSA) is 51.0 Å². The van der Waals surface area contributed by atoms with Crippen molar-refractivity contribution in [1.82, 2.24) is 15.5 Å². The third kappa shape index (κ3) is 2.32. The molecule has 1 aliphatic rings. The van der Waals surface area contributed by atoms with Crippen LogP contribution in [-0.2, 0) is 5.54 Å². The van der Waals surface area contributed by atoms with E-state index >= 15 is 0 Å². The molecule has 3 rings (SSSR count). The summed E-state index contributed by atoms with van der Waals surface area (Å²) in [5.74, 6) is 1.32. The van der Waals surface area contributed by atoms with E-state index in [1.807, 2.05) is 18.2 Å². The molecule has 1 atom stereocenters. The minimum atomic E-state index is -0.173. The molecule has 19 heavy (non-hydrogen) atoms. The Hall–Kier alpha value is -1.20. The van der Waals surface area contributed by atoms with E-state index in [2.05, 4.69) is 45.2 Å². The normalized spacial score (nSPS) is 22.9. The lowest BCUT2D eigenvalue weighted by atomic mass is 10.0. The number of nitrogens with zero attached hydrogens (tertiary/aromatic N) is 2. The first kappa shape index (κ1) is 12.8. The highest BCUT2D eigenvalue weighted by Gasteiger charge is 2.35. The molecule has 1 aliphatic heterocycles. The second-order valence-corrected chi connectivity index (χ2v) is 6.10. The second-order valence-electron chi connectivity index (χ2n) is 5.25. The van der Waals surface area contributed by atoms with Crippen LogP contribution in [0.1, 0.15) is 31.2 Å². The van der Waals surface area contributed by atoms with Crippen LogP contribution in [0, 0.1) is 6.92 Å². The van der Waals surface area contributed by atoms with Gasteiger partial charge in [-0.25, -0.2) is 0 Å². The third-order valence-corrected chi connectivity index (χ3v) is 4.55. The molecule has 1 N–H and O–H groups in total. The summed E-state index contributed by atoms with van der Waals surface area (Å²) < 4.78 is 6.49. The Morgan fingerprint density at radius 2 is 2.26 bits per heavy atom. The van der Waals surface area contributed by atoms with Gasteiger partial charge in [-0.3, -0.25) is 0 Å². The Labute approximate surface area is 120 Å². The van der Waals surface area contributed by atoms with Crippen molar-refractivity contribution >= 4 is 15.9 Å². The van der Waals surface area contributed by atoms with Crippen LogP contribution in [0.4, 0.5) is 0 Å². The number of halogens is 1. The lowest BCUT2D eigenvalue weighted by Gasteiger charge is -2.18. The second kappa shape index (κ2) is 4.72. The number of benzene rings is 1. The summed E-state index contributed by atoms with van der Waals surface area (Å²) in [5.41, 5.74) is 1.98. The van der Waals surface area contributed by atoms with E-state index in [0.29, 0.717) is 11.7 Å². The van der Waals surface area contributed by atoms with Crippen LogP contribution in [-0.4, -0.2) is 16.7 Å². The average molecular weight is 322 g/mol. The Bertz CT molecular complexity index is 602. The van der Waals surface area contributed by atoms with E-state index in [1.54, 1.807) is 0 Å². The van der Waals surface area contributed by atoms with Gasteiger partial charge in [0.25, 0.3) is 0 Å². The summed E-state index contributed by atoms with van der Waals surface area (Å²) >= 11 is 3.53. The molecule has 0 spiro atoms. The van der Waals surface area contributed by atoms with Crippen molar-refractivity contribution < 1.29 is 4.52 Å². The van der Waals surface area contributed by atoms with Crippen molar-refractivity contribution in [1.29, 1.82) is 0 Å². The molecule has 2 heterocycles. The number of aromatic nitrogens is 2. The van der Waals surface area contributed by atoms with Gasteiger partial charge in [-0.2, -0.15) is 4.98 Å². The molecule has 1 fully saturated rings. The van der Waals surface area contributed by atoms with Crippen molar-refractivity contribution in [2.24, 2.45) is 0 Å². The zero-order valence-corrected chi connectivity index (χ0v) is 12.6. The predicted molar refractivity (Wildman–Crippen MR) is 76.8 cm³/mol. The number of nitrogens with one attached hydrogen (secondary N) is 1. The minimum absolute atomic E-state index is 0.173. The first-order valence-corrected chi connectivity index (χ1v) is 7.23. The van der Waals surface area contributed by atoms with E-state index in [0.717, 1.165) is 29.4 Å². The summed E-state index contributed by atoms with van der Waals surface area (Å²) in [6.07, 6.45) is 2.18. The molecule has 100 valence electrons. The maximum atomic E-state index is 5.44. The Morgan fingerprint density at radius 1 is 1.42 bits per heavy atom. The van der Waals surface area contributed by atoms with Gasteiger partial charge in [-0.15, -0.1) is 0 Å². The molecule has 1 saturated heterocycles. The molecule has 1 aromatic carbocycles. The number of hydrogen-bond donors (Lipinski definition) is 1. The predicted octanol–water partition coefficient (Wildman–Crippen LogP) is 3.41. The summed E-state index contributed by atoms with van der Waals surface area (Å²) in [5, 5.41) is 7.53. The van der Waals surface area contributed by atoms with E-state index in [1.165, 1.54) is 5.56 Å². The molecule has 4 nitrogen and oxygen atoms in total. The molecule has 5 heteroatoms. The van der Waals surface area contributed by atoms with E-state index in [4.69, 9.17) is 4.52 Å². The molecular weight excluding hydrogens is 306 g/mol. The third-order valence-electron chi connectivity index (χ3n) is 3.70. The van der Waals surface area contributed by atoms with Crippen LogP contribution >= 0.6 is 15.9 Å². The molecule has 0 aliphatic carbocycles. The van der Waals surface area contributed by atoms with E-state index < -0.39 is 0 Å². The smallest absolute Gasteiger partial charge is 0.246 e. The van der Waals surface area contributed by atoms with Crippen molar-refractivity contribution in [3.05, 3.63) is 34.1 Å². The summed E-state index contributed by atoms with van der Waals surface area (Å²) in [4.78, 5) is 4.54. The van der Waals surface area contributed by atoms with Crippen LogP contribution in [0.3, 0.4) is 0 Å². The molecule has 0 bridgehead atoms. The molecule has 1 aromatic heterocycles. The van der Waals surface area contributed by atoms with Gasteiger partial charge in [-0.1, -0.05) is 33.2 Å². The van der Waals surface area contributed by atoms with Gasteiger partial charge in [0.2, 0.25) is 11.7 Å². The van der Waals surface area contributed by atoms with Gasteiger partial charge in [0, 0.05) is 10.0 Å². The standard InChI is InChI=1S/C14H16BrN3O/c1-9-4-5-10(8-11(9)15)12-17-13(19-18-12)14(2)6-3-7-16-14/h4-5,8,16H,3,6-7H2,1-2H3. The largest absolute Gasteiger partial charge is 0.337 e. The quantitative estimate of drug-likeness (QED) is 0.921. The van der Waals surface area contributed by atoms with E-state index in [9.17, 15) is 0 Å². The van der Waals surface area contributed by atoms with Crippen LogP contribution in [0.5, 0.6) is 0 Å².